The molecule has 0 radical (unpaired) electrons. The van der Waals surface area contributed by atoms with Gasteiger partial charge in [-0.25, -0.2) is 0 Å². The van der Waals surface area contributed by atoms with Gasteiger partial charge in [-0.2, -0.15) is 0 Å². The average Bonchev–Trinajstić information content (AvgIpc) is 2.56. The molecule has 1 aliphatic heterocycles. The molecule has 0 aromatic heterocycles. The van der Waals surface area contributed by atoms with Crippen LogP contribution in [0.3, 0.4) is 0 Å². The van der Waals surface area contributed by atoms with Gasteiger partial charge in [0.1, 0.15) is 0 Å². The molecule has 0 spiro atoms. The molecule has 0 N–H and O–H groups in total. The van der Waals surface area contributed by atoms with Gasteiger partial charge < -0.3 is 4.90 Å². The van der Waals surface area contributed by atoms with E-state index >= 15 is 0 Å². The van der Waals surface area contributed by atoms with E-state index in [-0.39, 0.29) is 0 Å². The number of carbonyl (C=O) groups is 1. The maximum atomic E-state index is 11.8. The van der Waals surface area contributed by atoms with Crippen molar-refractivity contribution in [1.82, 2.24) is 4.90 Å². The maximum absolute atomic E-state index is 11.8. The van der Waals surface area contributed by atoms with Crippen LogP contribution in [0.2, 0.25) is 0 Å². The van der Waals surface area contributed by atoms with Crippen LogP contribution in [0, 0.1) is 17.8 Å². The minimum Gasteiger partial charge on any atom is -0.342 e. The first-order valence-corrected chi connectivity index (χ1v) is 7.04. The van der Waals surface area contributed by atoms with Crippen LogP contribution >= 0.6 is 15.9 Å². The zero-order chi connectivity index (χ0) is 11.4. The first-order valence-electron chi connectivity index (χ1n) is 5.92. The summed E-state index contributed by atoms with van der Waals surface area (Å²) >= 11 is 3.51. The third-order valence-electron chi connectivity index (χ3n) is 3.46. The smallest absolute Gasteiger partial charge is 0.222 e. The molecule has 1 rings (SSSR count). The Hall–Kier alpha value is -0.0500. The first kappa shape index (κ1) is 13.0. The zero-order valence-corrected chi connectivity index (χ0v) is 11.6. The molecular weight excluding hydrogens is 254 g/mol. The van der Waals surface area contributed by atoms with Crippen LogP contribution in [0.15, 0.2) is 0 Å². The van der Waals surface area contributed by atoms with E-state index in [0.29, 0.717) is 23.7 Å². The van der Waals surface area contributed by atoms with Crippen LogP contribution < -0.4 is 0 Å². The van der Waals surface area contributed by atoms with E-state index in [4.69, 9.17) is 0 Å². The van der Waals surface area contributed by atoms with Gasteiger partial charge in [0.2, 0.25) is 5.91 Å². The average molecular weight is 276 g/mol. The predicted octanol–water partition coefficient (Wildman–Crippen LogP) is 2.91. The van der Waals surface area contributed by atoms with Crippen molar-refractivity contribution in [3.8, 4) is 0 Å². The minimum atomic E-state index is 0.355. The number of likely N-dealkylation sites (tertiary alicyclic amines) is 1. The summed E-state index contributed by atoms with van der Waals surface area (Å²) in [5, 5.41) is 1.000. The quantitative estimate of drug-likeness (QED) is 0.707. The largest absolute Gasteiger partial charge is 0.342 e. The zero-order valence-electron chi connectivity index (χ0n) is 10.0. The van der Waals surface area contributed by atoms with E-state index in [2.05, 4.69) is 41.6 Å². The Bertz CT molecular complexity index is 214. The van der Waals surface area contributed by atoms with Crippen LogP contribution in [-0.2, 0) is 4.79 Å². The Kier molecular flexibility index (Phi) is 5.10. The van der Waals surface area contributed by atoms with Crippen LogP contribution in [0.25, 0.3) is 0 Å². The van der Waals surface area contributed by atoms with E-state index in [0.717, 1.165) is 31.3 Å². The summed E-state index contributed by atoms with van der Waals surface area (Å²) in [7, 11) is 0. The molecule has 1 saturated heterocycles. The third kappa shape index (κ3) is 3.47. The van der Waals surface area contributed by atoms with Gasteiger partial charge in [0.15, 0.2) is 0 Å². The third-order valence-corrected chi connectivity index (χ3v) is 4.38. The van der Waals surface area contributed by atoms with Gasteiger partial charge in [0, 0.05) is 24.8 Å². The van der Waals surface area contributed by atoms with Gasteiger partial charge in [-0.1, -0.05) is 43.1 Å². The first-order chi connectivity index (χ1) is 7.08. The van der Waals surface area contributed by atoms with Crippen molar-refractivity contribution in [2.45, 2.75) is 33.6 Å². The number of hydrogen-bond donors (Lipinski definition) is 0. The molecule has 0 aromatic carbocycles. The van der Waals surface area contributed by atoms with Gasteiger partial charge >= 0.3 is 0 Å². The minimum absolute atomic E-state index is 0.355. The van der Waals surface area contributed by atoms with Gasteiger partial charge in [0.05, 0.1) is 0 Å². The lowest BCUT2D eigenvalue weighted by atomic mass is 9.95. The second-order valence-corrected chi connectivity index (χ2v) is 5.58. The summed E-state index contributed by atoms with van der Waals surface area (Å²) in [6.45, 7) is 8.52. The van der Waals surface area contributed by atoms with E-state index < -0.39 is 0 Å². The highest BCUT2D eigenvalue weighted by atomic mass is 79.9. The number of hydrogen-bond acceptors (Lipinski definition) is 1. The fourth-order valence-corrected chi connectivity index (χ4v) is 2.69. The normalized spacial score (nSPS) is 23.9. The number of carbonyl (C=O) groups excluding carboxylic acids is 1. The lowest BCUT2D eigenvalue weighted by Gasteiger charge is -2.22. The molecule has 1 fully saturated rings. The second-order valence-electron chi connectivity index (χ2n) is 4.94. The van der Waals surface area contributed by atoms with Crippen LogP contribution in [0.4, 0.5) is 0 Å². The molecule has 88 valence electrons. The topological polar surface area (TPSA) is 20.3 Å². The summed E-state index contributed by atoms with van der Waals surface area (Å²) in [4.78, 5) is 13.8. The van der Waals surface area contributed by atoms with E-state index in [1.807, 2.05) is 0 Å². The molecule has 15 heavy (non-hydrogen) atoms. The summed E-state index contributed by atoms with van der Waals surface area (Å²) in [5.74, 6) is 2.17. The Morgan fingerprint density at radius 3 is 2.60 bits per heavy atom. The molecule has 0 aliphatic carbocycles. The maximum Gasteiger partial charge on any atom is 0.222 e. The van der Waals surface area contributed by atoms with Gasteiger partial charge in [-0.05, 0) is 17.8 Å². The predicted molar refractivity (Wildman–Crippen MR) is 67.1 cm³/mol. The van der Waals surface area contributed by atoms with Crippen molar-refractivity contribution in [3.05, 3.63) is 0 Å². The number of nitrogens with zero attached hydrogens (tertiary/aromatic N) is 1. The number of amides is 1. The summed E-state index contributed by atoms with van der Waals surface area (Å²) < 4.78 is 0. The molecule has 0 saturated carbocycles. The monoisotopic (exact) mass is 275 g/mol. The standard InChI is InChI=1S/C12H22BrNO/c1-4-10(6-13)7-14-8-11(9(2)3)5-12(14)15/h9-11H,4-8H2,1-3H3. The molecule has 2 atom stereocenters. The highest BCUT2D eigenvalue weighted by Gasteiger charge is 2.31. The van der Waals surface area contributed by atoms with Crippen molar-refractivity contribution >= 4 is 21.8 Å². The highest BCUT2D eigenvalue weighted by Crippen LogP contribution is 2.26. The lowest BCUT2D eigenvalue weighted by Crippen LogP contribution is -2.31. The Balaban J connectivity index is 2.46. The van der Waals surface area contributed by atoms with Crippen molar-refractivity contribution in [2.24, 2.45) is 17.8 Å². The number of rotatable bonds is 5. The van der Waals surface area contributed by atoms with E-state index in [1.54, 1.807) is 0 Å². The Morgan fingerprint density at radius 2 is 2.20 bits per heavy atom. The van der Waals surface area contributed by atoms with Crippen LogP contribution in [-0.4, -0.2) is 29.2 Å². The van der Waals surface area contributed by atoms with Crippen molar-refractivity contribution in [3.63, 3.8) is 0 Å². The molecule has 3 heteroatoms. The molecular formula is C12H22BrNO. The molecule has 1 aliphatic rings. The second kappa shape index (κ2) is 5.88. The Labute approximate surface area is 102 Å². The lowest BCUT2D eigenvalue weighted by molar-refractivity contribution is -0.128. The summed E-state index contributed by atoms with van der Waals surface area (Å²) in [5.41, 5.74) is 0. The molecule has 1 heterocycles. The molecule has 0 aromatic rings. The van der Waals surface area contributed by atoms with Crippen LogP contribution in [0.1, 0.15) is 33.6 Å². The van der Waals surface area contributed by atoms with Gasteiger partial charge in [0.25, 0.3) is 0 Å². The van der Waals surface area contributed by atoms with Crippen molar-refractivity contribution in [2.75, 3.05) is 18.4 Å². The SMILES string of the molecule is CCC(CBr)CN1CC(C(C)C)CC1=O. The molecule has 0 bridgehead atoms. The molecule has 1 amide bonds. The number of alkyl halides is 1. The number of halogens is 1. The van der Waals surface area contributed by atoms with E-state index in [1.165, 1.54) is 0 Å². The van der Waals surface area contributed by atoms with E-state index in [9.17, 15) is 4.79 Å². The summed E-state index contributed by atoms with van der Waals surface area (Å²) in [6, 6.07) is 0. The molecule has 2 nitrogen and oxygen atoms in total. The van der Waals surface area contributed by atoms with Crippen molar-refractivity contribution in [1.29, 1.82) is 0 Å². The highest BCUT2D eigenvalue weighted by molar-refractivity contribution is 9.09. The fourth-order valence-electron chi connectivity index (χ4n) is 2.02. The van der Waals surface area contributed by atoms with Crippen LogP contribution in [0.5, 0.6) is 0 Å². The molecule has 2 unspecified atom stereocenters. The fraction of sp³-hybridized carbons (Fsp3) is 0.917. The van der Waals surface area contributed by atoms with Gasteiger partial charge in [-0.3, -0.25) is 4.79 Å². The summed E-state index contributed by atoms with van der Waals surface area (Å²) in [6.07, 6.45) is 1.90. The Morgan fingerprint density at radius 1 is 1.53 bits per heavy atom. The van der Waals surface area contributed by atoms with Gasteiger partial charge in [-0.15, -0.1) is 0 Å². The van der Waals surface area contributed by atoms with Crippen molar-refractivity contribution < 1.29 is 4.79 Å².